The zero-order chi connectivity index (χ0) is 21.1. The van der Waals surface area contributed by atoms with E-state index < -0.39 is 16.1 Å². The molecule has 0 saturated heterocycles. The van der Waals surface area contributed by atoms with Gasteiger partial charge in [-0.05, 0) is 61.4 Å². The van der Waals surface area contributed by atoms with Crippen molar-refractivity contribution in [1.29, 1.82) is 0 Å². The highest BCUT2D eigenvalue weighted by atomic mass is 35.5. The molecule has 1 N–H and O–H groups in total. The molecule has 2 aromatic carbocycles. The molecule has 0 aliphatic carbocycles. The smallest absolute Gasteiger partial charge is 0.241 e. The average molecular weight is 441 g/mol. The third kappa shape index (κ3) is 4.23. The first-order valence-corrected chi connectivity index (χ1v) is 11.5. The highest BCUT2D eigenvalue weighted by Gasteiger charge is 2.26. The molecular formula is C22H21ClN4O2S. The van der Waals surface area contributed by atoms with E-state index in [1.807, 2.05) is 47.9 Å². The molecule has 0 amide bonds. The van der Waals surface area contributed by atoms with Crippen molar-refractivity contribution in [2.24, 2.45) is 0 Å². The van der Waals surface area contributed by atoms with Crippen LogP contribution in [0, 0.1) is 0 Å². The summed E-state index contributed by atoms with van der Waals surface area (Å²) in [4.78, 5) is 9.08. The molecule has 0 bridgehead atoms. The fourth-order valence-electron chi connectivity index (χ4n) is 3.50. The predicted octanol–water partition coefficient (Wildman–Crippen LogP) is 4.37. The van der Waals surface area contributed by atoms with Gasteiger partial charge in [0, 0.05) is 24.0 Å². The Hall–Kier alpha value is -2.74. The molecule has 1 atom stereocenters. The van der Waals surface area contributed by atoms with Gasteiger partial charge in [0.05, 0.1) is 22.0 Å². The Balaban J connectivity index is 1.78. The molecule has 154 valence electrons. The Morgan fingerprint density at radius 3 is 2.53 bits per heavy atom. The molecule has 0 aliphatic heterocycles. The number of hydrogen-bond donors (Lipinski definition) is 1. The quantitative estimate of drug-likeness (QED) is 0.463. The number of nitrogens with zero attached hydrogens (tertiary/aromatic N) is 3. The summed E-state index contributed by atoms with van der Waals surface area (Å²) in [5.41, 5.74) is 2.71. The van der Waals surface area contributed by atoms with Crippen LogP contribution < -0.4 is 4.72 Å². The number of aromatic nitrogens is 3. The van der Waals surface area contributed by atoms with Crippen LogP contribution >= 0.6 is 11.6 Å². The second kappa shape index (κ2) is 8.55. The fraction of sp³-hybridized carbons (Fsp3) is 0.182. The van der Waals surface area contributed by atoms with E-state index in [1.165, 1.54) is 12.1 Å². The van der Waals surface area contributed by atoms with Crippen LogP contribution in [0.2, 0.25) is 5.02 Å². The lowest BCUT2D eigenvalue weighted by molar-refractivity contribution is 0.528. The SMILES string of the molecule is CCn1c(C(Cc2cccnc2)NS(=O)(=O)c2ccc(Cl)cc2)nc2ccccc21. The zero-order valence-corrected chi connectivity index (χ0v) is 17.9. The number of pyridine rings is 1. The van der Waals surface area contributed by atoms with Crippen molar-refractivity contribution in [1.82, 2.24) is 19.3 Å². The summed E-state index contributed by atoms with van der Waals surface area (Å²) < 4.78 is 31.1. The normalized spacial score (nSPS) is 12.9. The minimum atomic E-state index is -3.79. The topological polar surface area (TPSA) is 76.9 Å². The molecule has 8 heteroatoms. The van der Waals surface area contributed by atoms with E-state index in [4.69, 9.17) is 16.6 Å². The lowest BCUT2D eigenvalue weighted by Crippen LogP contribution is -2.32. The molecule has 2 heterocycles. The minimum absolute atomic E-state index is 0.155. The first-order valence-electron chi connectivity index (χ1n) is 9.60. The molecule has 0 aliphatic rings. The fourth-order valence-corrected chi connectivity index (χ4v) is 4.82. The van der Waals surface area contributed by atoms with E-state index in [0.29, 0.717) is 23.8 Å². The lowest BCUT2D eigenvalue weighted by atomic mass is 10.1. The summed E-state index contributed by atoms with van der Waals surface area (Å²) in [7, 11) is -3.79. The van der Waals surface area contributed by atoms with Crippen LogP contribution in [0.1, 0.15) is 24.4 Å². The lowest BCUT2D eigenvalue weighted by Gasteiger charge is -2.20. The molecule has 1 unspecified atom stereocenters. The van der Waals surface area contributed by atoms with Crippen molar-refractivity contribution >= 4 is 32.7 Å². The second-order valence-corrected chi connectivity index (χ2v) is 9.05. The molecule has 0 fully saturated rings. The highest BCUT2D eigenvalue weighted by Crippen LogP contribution is 2.26. The predicted molar refractivity (Wildman–Crippen MR) is 118 cm³/mol. The van der Waals surface area contributed by atoms with Crippen molar-refractivity contribution in [3.8, 4) is 0 Å². The van der Waals surface area contributed by atoms with Gasteiger partial charge in [-0.1, -0.05) is 29.8 Å². The maximum atomic E-state index is 13.1. The Morgan fingerprint density at radius 2 is 1.83 bits per heavy atom. The van der Waals surface area contributed by atoms with Gasteiger partial charge in [-0.25, -0.2) is 18.1 Å². The number of para-hydroxylation sites is 2. The molecule has 0 radical (unpaired) electrons. The zero-order valence-electron chi connectivity index (χ0n) is 16.4. The van der Waals surface area contributed by atoms with Crippen molar-refractivity contribution in [3.05, 3.63) is 89.5 Å². The minimum Gasteiger partial charge on any atom is -0.327 e. The largest absolute Gasteiger partial charge is 0.327 e. The van der Waals surface area contributed by atoms with Gasteiger partial charge >= 0.3 is 0 Å². The van der Waals surface area contributed by atoms with Crippen molar-refractivity contribution in [2.45, 2.75) is 30.8 Å². The maximum absolute atomic E-state index is 13.1. The Labute approximate surface area is 180 Å². The highest BCUT2D eigenvalue weighted by molar-refractivity contribution is 7.89. The second-order valence-electron chi connectivity index (χ2n) is 6.90. The molecule has 4 rings (SSSR count). The van der Waals surface area contributed by atoms with Crippen LogP contribution in [0.15, 0.2) is 78.0 Å². The first-order chi connectivity index (χ1) is 14.5. The monoisotopic (exact) mass is 440 g/mol. The van der Waals surface area contributed by atoms with Crippen LogP contribution in [0.4, 0.5) is 0 Å². The number of benzene rings is 2. The number of fused-ring (bicyclic) bond motifs is 1. The maximum Gasteiger partial charge on any atom is 0.241 e. The van der Waals surface area contributed by atoms with Gasteiger partial charge in [-0.15, -0.1) is 0 Å². The molecule has 4 aromatic rings. The van der Waals surface area contributed by atoms with E-state index in [-0.39, 0.29) is 4.90 Å². The summed E-state index contributed by atoms with van der Waals surface area (Å²) >= 11 is 5.92. The van der Waals surface area contributed by atoms with Crippen LogP contribution in [-0.4, -0.2) is 23.0 Å². The third-order valence-electron chi connectivity index (χ3n) is 4.90. The van der Waals surface area contributed by atoms with Crippen LogP contribution in [0.3, 0.4) is 0 Å². The molecule has 0 spiro atoms. The molecule has 30 heavy (non-hydrogen) atoms. The number of halogens is 1. The van der Waals surface area contributed by atoms with E-state index in [9.17, 15) is 8.42 Å². The van der Waals surface area contributed by atoms with Crippen molar-refractivity contribution in [2.75, 3.05) is 0 Å². The van der Waals surface area contributed by atoms with Crippen molar-refractivity contribution < 1.29 is 8.42 Å². The Kier molecular flexibility index (Phi) is 5.85. The number of imidazole rings is 1. The van der Waals surface area contributed by atoms with Gasteiger partial charge in [0.2, 0.25) is 10.0 Å². The van der Waals surface area contributed by atoms with Gasteiger partial charge in [0.1, 0.15) is 5.82 Å². The molecule has 2 aromatic heterocycles. The number of nitrogens with one attached hydrogen (secondary N) is 1. The van der Waals surface area contributed by atoms with Crippen LogP contribution in [0.25, 0.3) is 11.0 Å². The van der Waals surface area contributed by atoms with E-state index in [2.05, 4.69) is 9.71 Å². The van der Waals surface area contributed by atoms with E-state index >= 15 is 0 Å². The standard InChI is InChI=1S/C22H21ClN4O2S/c1-2-27-21-8-4-3-7-19(21)25-22(27)20(14-16-6-5-13-24-15-16)26-30(28,29)18-11-9-17(23)10-12-18/h3-13,15,20,26H,2,14H2,1H3. The summed E-state index contributed by atoms with van der Waals surface area (Å²) in [5, 5.41) is 0.480. The van der Waals surface area contributed by atoms with Gasteiger partial charge in [0.15, 0.2) is 0 Å². The third-order valence-corrected chi connectivity index (χ3v) is 6.64. The Morgan fingerprint density at radius 1 is 1.07 bits per heavy atom. The summed E-state index contributed by atoms with van der Waals surface area (Å²) in [6.45, 7) is 2.69. The van der Waals surface area contributed by atoms with Gasteiger partial charge in [0.25, 0.3) is 0 Å². The van der Waals surface area contributed by atoms with E-state index in [1.54, 1.807) is 24.5 Å². The van der Waals surface area contributed by atoms with E-state index in [0.717, 1.165) is 16.6 Å². The van der Waals surface area contributed by atoms with Gasteiger partial charge in [-0.2, -0.15) is 0 Å². The van der Waals surface area contributed by atoms with Crippen LogP contribution in [0.5, 0.6) is 0 Å². The summed E-state index contributed by atoms with van der Waals surface area (Å²) in [5.74, 6) is 0.667. The number of rotatable bonds is 7. The molecule has 6 nitrogen and oxygen atoms in total. The van der Waals surface area contributed by atoms with Gasteiger partial charge in [-0.3, -0.25) is 4.98 Å². The number of hydrogen-bond acceptors (Lipinski definition) is 4. The summed E-state index contributed by atoms with van der Waals surface area (Å²) in [6.07, 6.45) is 3.85. The molecular weight excluding hydrogens is 420 g/mol. The molecule has 0 saturated carbocycles. The van der Waals surface area contributed by atoms with Crippen molar-refractivity contribution in [3.63, 3.8) is 0 Å². The number of sulfonamides is 1. The Bertz CT molecular complexity index is 1260. The average Bonchev–Trinajstić information content (AvgIpc) is 3.13. The summed E-state index contributed by atoms with van der Waals surface area (Å²) in [6, 6.07) is 17.1. The van der Waals surface area contributed by atoms with Crippen LogP contribution in [-0.2, 0) is 23.0 Å². The van der Waals surface area contributed by atoms with Gasteiger partial charge < -0.3 is 4.57 Å². The first kappa shape index (κ1) is 20.5. The number of aryl methyl sites for hydroxylation is 1.